The fraction of sp³-hybridized carbons (Fsp3) is 0.235. The molecule has 0 fully saturated rings. The summed E-state index contributed by atoms with van der Waals surface area (Å²) >= 11 is 9.32. The lowest BCUT2D eigenvalue weighted by Crippen LogP contribution is -2.30. The third-order valence-electron chi connectivity index (χ3n) is 3.06. The molecule has 2 rings (SSSR count). The minimum atomic E-state index is -0.608. The number of nitrogens with one attached hydrogen (secondary N) is 1. The number of halogens is 2. The van der Waals surface area contributed by atoms with Crippen molar-refractivity contribution in [2.45, 2.75) is 26.9 Å². The number of amides is 1. The Bertz CT molecular complexity index is 683. The zero-order chi connectivity index (χ0) is 16.3. The van der Waals surface area contributed by atoms with Crippen LogP contribution >= 0.6 is 27.5 Å². The van der Waals surface area contributed by atoms with Gasteiger partial charge in [-0.25, -0.2) is 0 Å². The fourth-order valence-corrected chi connectivity index (χ4v) is 2.50. The van der Waals surface area contributed by atoms with Crippen molar-refractivity contribution in [1.82, 2.24) is 0 Å². The van der Waals surface area contributed by atoms with E-state index in [0.29, 0.717) is 16.5 Å². The topological polar surface area (TPSA) is 38.3 Å². The second-order valence-corrected chi connectivity index (χ2v) is 6.46. The van der Waals surface area contributed by atoms with E-state index in [9.17, 15) is 4.79 Å². The van der Waals surface area contributed by atoms with Gasteiger partial charge in [-0.05, 0) is 78.2 Å². The first-order valence-electron chi connectivity index (χ1n) is 6.86. The van der Waals surface area contributed by atoms with Crippen LogP contribution in [0.5, 0.6) is 5.75 Å². The number of rotatable bonds is 4. The predicted octanol–water partition coefficient (Wildman–Crippen LogP) is 5.13. The normalized spacial score (nSPS) is 11.9. The van der Waals surface area contributed by atoms with Crippen LogP contribution in [-0.4, -0.2) is 12.0 Å². The van der Waals surface area contributed by atoms with E-state index in [2.05, 4.69) is 27.3 Å². The minimum Gasteiger partial charge on any atom is -0.481 e. The molecule has 0 aliphatic carbocycles. The Balaban J connectivity index is 2.04. The van der Waals surface area contributed by atoms with E-state index in [1.165, 1.54) is 0 Å². The summed E-state index contributed by atoms with van der Waals surface area (Å²) in [5.74, 6) is 0.464. The molecule has 1 amide bonds. The minimum absolute atomic E-state index is 0.224. The standard InChI is InChI=1S/C17H17BrClNO2/c1-10-6-11(2)8-14(7-10)22-12(3)17(21)20-13-4-5-15(18)16(19)9-13/h4-9,12H,1-3H3,(H,20,21)/t12-/m0/s1. The Morgan fingerprint density at radius 3 is 2.41 bits per heavy atom. The summed E-state index contributed by atoms with van der Waals surface area (Å²) in [6.07, 6.45) is -0.608. The van der Waals surface area contributed by atoms with Gasteiger partial charge in [0.1, 0.15) is 5.75 Å². The first-order valence-corrected chi connectivity index (χ1v) is 8.03. The van der Waals surface area contributed by atoms with Crippen LogP contribution in [0.2, 0.25) is 5.02 Å². The molecule has 3 nitrogen and oxygen atoms in total. The molecule has 0 aromatic heterocycles. The number of carbonyl (C=O) groups excluding carboxylic acids is 1. The van der Waals surface area contributed by atoms with Crippen molar-refractivity contribution in [1.29, 1.82) is 0 Å². The Hall–Kier alpha value is -1.52. The highest BCUT2D eigenvalue weighted by Gasteiger charge is 2.15. The van der Waals surface area contributed by atoms with Gasteiger partial charge in [-0.15, -0.1) is 0 Å². The molecule has 0 aliphatic rings. The van der Waals surface area contributed by atoms with Crippen LogP contribution in [0.1, 0.15) is 18.1 Å². The molecule has 5 heteroatoms. The number of ether oxygens (including phenoxy) is 1. The summed E-state index contributed by atoms with van der Waals surface area (Å²) in [5.41, 5.74) is 2.83. The number of hydrogen-bond donors (Lipinski definition) is 1. The quantitative estimate of drug-likeness (QED) is 0.796. The molecule has 1 atom stereocenters. The third-order valence-corrected chi connectivity index (χ3v) is 4.30. The molecule has 0 aliphatic heterocycles. The lowest BCUT2D eigenvalue weighted by molar-refractivity contribution is -0.122. The summed E-state index contributed by atoms with van der Waals surface area (Å²) in [7, 11) is 0. The number of anilines is 1. The lowest BCUT2D eigenvalue weighted by atomic mass is 10.1. The maximum atomic E-state index is 12.2. The van der Waals surface area contributed by atoms with E-state index in [0.717, 1.165) is 15.6 Å². The molecule has 2 aromatic rings. The van der Waals surface area contributed by atoms with Gasteiger partial charge in [0, 0.05) is 10.2 Å². The van der Waals surface area contributed by atoms with Crippen LogP contribution in [-0.2, 0) is 4.79 Å². The summed E-state index contributed by atoms with van der Waals surface area (Å²) in [5, 5.41) is 3.33. The van der Waals surface area contributed by atoms with E-state index in [-0.39, 0.29) is 5.91 Å². The summed E-state index contributed by atoms with van der Waals surface area (Å²) < 4.78 is 6.49. The van der Waals surface area contributed by atoms with Crippen LogP contribution in [0.3, 0.4) is 0 Å². The average molecular weight is 383 g/mol. The van der Waals surface area contributed by atoms with Crippen molar-refractivity contribution in [3.63, 3.8) is 0 Å². The number of benzene rings is 2. The smallest absolute Gasteiger partial charge is 0.265 e. The fourth-order valence-electron chi connectivity index (χ4n) is 2.08. The third kappa shape index (κ3) is 4.49. The maximum Gasteiger partial charge on any atom is 0.265 e. The number of hydrogen-bond acceptors (Lipinski definition) is 2. The molecule has 2 aromatic carbocycles. The van der Waals surface area contributed by atoms with Gasteiger partial charge in [-0.2, -0.15) is 0 Å². The van der Waals surface area contributed by atoms with Gasteiger partial charge in [-0.3, -0.25) is 4.79 Å². The van der Waals surface area contributed by atoms with Gasteiger partial charge in [0.05, 0.1) is 5.02 Å². The van der Waals surface area contributed by atoms with Crippen molar-refractivity contribution in [3.8, 4) is 5.75 Å². The Labute approximate surface area is 143 Å². The first-order chi connectivity index (χ1) is 10.3. The molecule has 0 heterocycles. The van der Waals surface area contributed by atoms with Crippen LogP contribution < -0.4 is 10.1 Å². The van der Waals surface area contributed by atoms with E-state index < -0.39 is 6.10 Å². The van der Waals surface area contributed by atoms with Gasteiger partial charge in [0.15, 0.2) is 6.10 Å². The second-order valence-electron chi connectivity index (χ2n) is 5.20. The van der Waals surface area contributed by atoms with Crippen molar-refractivity contribution in [3.05, 3.63) is 57.0 Å². The molecule has 0 spiro atoms. The summed E-state index contributed by atoms with van der Waals surface area (Å²) in [6.45, 7) is 5.70. The number of carbonyl (C=O) groups is 1. The van der Waals surface area contributed by atoms with Crippen LogP contribution in [0.4, 0.5) is 5.69 Å². The molecule has 0 radical (unpaired) electrons. The SMILES string of the molecule is Cc1cc(C)cc(O[C@@H](C)C(=O)Nc2ccc(Br)c(Cl)c2)c1. The highest BCUT2D eigenvalue weighted by Crippen LogP contribution is 2.25. The van der Waals surface area contributed by atoms with Gasteiger partial charge < -0.3 is 10.1 Å². The molecular formula is C17H17BrClNO2. The molecule has 0 saturated carbocycles. The zero-order valence-electron chi connectivity index (χ0n) is 12.6. The van der Waals surface area contributed by atoms with Crippen molar-refractivity contribution >= 4 is 39.1 Å². The van der Waals surface area contributed by atoms with E-state index in [1.54, 1.807) is 25.1 Å². The lowest BCUT2D eigenvalue weighted by Gasteiger charge is -2.16. The van der Waals surface area contributed by atoms with Crippen molar-refractivity contribution in [2.24, 2.45) is 0 Å². The number of aryl methyl sites for hydroxylation is 2. The molecule has 0 saturated heterocycles. The molecule has 116 valence electrons. The van der Waals surface area contributed by atoms with E-state index in [4.69, 9.17) is 16.3 Å². The Morgan fingerprint density at radius 1 is 1.18 bits per heavy atom. The zero-order valence-corrected chi connectivity index (χ0v) is 15.0. The van der Waals surface area contributed by atoms with Crippen molar-refractivity contribution in [2.75, 3.05) is 5.32 Å². The highest BCUT2D eigenvalue weighted by molar-refractivity contribution is 9.10. The summed E-state index contributed by atoms with van der Waals surface area (Å²) in [4.78, 5) is 12.2. The molecule has 22 heavy (non-hydrogen) atoms. The molecule has 0 bridgehead atoms. The molecule has 0 unspecified atom stereocenters. The summed E-state index contributed by atoms with van der Waals surface area (Å²) in [6, 6.07) is 11.1. The Morgan fingerprint density at radius 2 is 1.82 bits per heavy atom. The molecular weight excluding hydrogens is 366 g/mol. The largest absolute Gasteiger partial charge is 0.481 e. The van der Waals surface area contributed by atoms with Gasteiger partial charge >= 0.3 is 0 Å². The monoisotopic (exact) mass is 381 g/mol. The van der Waals surface area contributed by atoms with Crippen LogP contribution in [0, 0.1) is 13.8 Å². The van der Waals surface area contributed by atoms with Crippen molar-refractivity contribution < 1.29 is 9.53 Å². The maximum absolute atomic E-state index is 12.2. The Kier molecular flexibility index (Phi) is 5.48. The van der Waals surface area contributed by atoms with E-state index >= 15 is 0 Å². The van der Waals surface area contributed by atoms with Gasteiger partial charge in [0.2, 0.25) is 0 Å². The predicted molar refractivity (Wildman–Crippen MR) is 93.8 cm³/mol. The first kappa shape index (κ1) is 16.8. The van der Waals surface area contributed by atoms with Gasteiger partial charge in [-0.1, -0.05) is 17.7 Å². The average Bonchev–Trinajstić information content (AvgIpc) is 2.41. The highest BCUT2D eigenvalue weighted by atomic mass is 79.9. The van der Waals surface area contributed by atoms with Gasteiger partial charge in [0.25, 0.3) is 5.91 Å². The second kappa shape index (κ2) is 7.16. The molecule has 1 N–H and O–H groups in total. The van der Waals surface area contributed by atoms with E-state index in [1.807, 2.05) is 26.0 Å². The van der Waals surface area contributed by atoms with Crippen LogP contribution in [0.15, 0.2) is 40.9 Å². The van der Waals surface area contributed by atoms with Crippen LogP contribution in [0.25, 0.3) is 0 Å².